The molecule has 1 atom stereocenters. The van der Waals surface area contributed by atoms with E-state index in [-0.39, 0.29) is 6.04 Å². The van der Waals surface area contributed by atoms with Crippen LogP contribution < -0.4 is 0 Å². The van der Waals surface area contributed by atoms with E-state index in [0.717, 1.165) is 32.3 Å². The molecule has 1 aliphatic heterocycles. The lowest BCUT2D eigenvalue weighted by Crippen LogP contribution is -2.37. The van der Waals surface area contributed by atoms with Crippen molar-refractivity contribution in [3.8, 4) is 0 Å². The molecule has 0 amide bonds. The van der Waals surface area contributed by atoms with Crippen LogP contribution in [0.3, 0.4) is 0 Å². The van der Waals surface area contributed by atoms with E-state index in [0.29, 0.717) is 0 Å². The Morgan fingerprint density at radius 3 is 2.91 bits per heavy atom. The fraction of sp³-hybridized carbons (Fsp3) is 0.875. The standard InChI is InChI=1S/C8H16N2O/c1-9(2)7-10-5-3-4-8(10)6-11/h6,8H,3-5,7H2,1-2H3. The predicted molar refractivity (Wildman–Crippen MR) is 44.3 cm³/mol. The highest BCUT2D eigenvalue weighted by molar-refractivity contribution is 5.58. The number of nitrogens with zero attached hydrogens (tertiary/aromatic N) is 2. The van der Waals surface area contributed by atoms with Gasteiger partial charge in [-0.2, -0.15) is 0 Å². The minimum Gasteiger partial charge on any atom is -0.302 e. The summed E-state index contributed by atoms with van der Waals surface area (Å²) in [6, 6.07) is 0.178. The SMILES string of the molecule is CN(C)CN1CCCC1C=O. The van der Waals surface area contributed by atoms with Crippen molar-refractivity contribution in [2.45, 2.75) is 18.9 Å². The Hall–Kier alpha value is -0.410. The zero-order chi connectivity index (χ0) is 8.27. The third kappa shape index (κ3) is 2.27. The fourth-order valence-electron chi connectivity index (χ4n) is 1.54. The van der Waals surface area contributed by atoms with Gasteiger partial charge < -0.3 is 4.79 Å². The monoisotopic (exact) mass is 156 g/mol. The van der Waals surface area contributed by atoms with E-state index < -0.39 is 0 Å². The summed E-state index contributed by atoms with van der Waals surface area (Å²) in [6.07, 6.45) is 3.27. The maximum atomic E-state index is 10.5. The predicted octanol–water partition coefficient (Wildman–Crippen LogP) is 0.169. The largest absolute Gasteiger partial charge is 0.302 e. The molecule has 0 aromatic heterocycles. The molecule has 3 heteroatoms. The number of likely N-dealkylation sites (tertiary alicyclic amines) is 1. The topological polar surface area (TPSA) is 23.6 Å². The Labute approximate surface area is 68.0 Å². The van der Waals surface area contributed by atoms with Gasteiger partial charge in [-0.1, -0.05) is 0 Å². The van der Waals surface area contributed by atoms with Gasteiger partial charge >= 0.3 is 0 Å². The first-order valence-corrected chi connectivity index (χ1v) is 4.08. The van der Waals surface area contributed by atoms with Gasteiger partial charge in [-0.25, -0.2) is 0 Å². The highest BCUT2D eigenvalue weighted by Crippen LogP contribution is 2.14. The van der Waals surface area contributed by atoms with Crippen LogP contribution in [0.2, 0.25) is 0 Å². The van der Waals surface area contributed by atoms with E-state index in [1.807, 2.05) is 14.1 Å². The summed E-state index contributed by atoms with van der Waals surface area (Å²) in [5, 5.41) is 0. The minimum atomic E-state index is 0.178. The van der Waals surface area contributed by atoms with Crippen molar-refractivity contribution in [2.75, 3.05) is 27.3 Å². The van der Waals surface area contributed by atoms with Crippen LogP contribution in [0.4, 0.5) is 0 Å². The number of rotatable bonds is 3. The zero-order valence-electron chi connectivity index (χ0n) is 7.29. The zero-order valence-corrected chi connectivity index (χ0v) is 7.29. The van der Waals surface area contributed by atoms with Crippen molar-refractivity contribution in [1.82, 2.24) is 9.80 Å². The Morgan fingerprint density at radius 2 is 2.36 bits per heavy atom. The summed E-state index contributed by atoms with van der Waals surface area (Å²) in [5.41, 5.74) is 0. The molecule has 0 aromatic rings. The van der Waals surface area contributed by atoms with Gasteiger partial charge in [0.1, 0.15) is 6.29 Å². The molecule has 0 spiro atoms. The molecule has 11 heavy (non-hydrogen) atoms. The number of carbonyl (C=O) groups is 1. The molecule has 0 aliphatic carbocycles. The molecule has 1 heterocycles. The molecule has 0 N–H and O–H groups in total. The van der Waals surface area contributed by atoms with Gasteiger partial charge in [-0.15, -0.1) is 0 Å². The Kier molecular flexibility index (Phi) is 3.02. The molecular formula is C8H16N2O. The molecule has 0 radical (unpaired) electrons. The summed E-state index contributed by atoms with van der Waals surface area (Å²) in [7, 11) is 4.06. The van der Waals surface area contributed by atoms with Gasteiger partial charge in [-0.3, -0.25) is 9.80 Å². The van der Waals surface area contributed by atoms with Crippen LogP contribution in [0, 0.1) is 0 Å². The third-order valence-corrected chi connectivity index (χ3v) is 2.04. The number of hydrogen-bond donors (Lipinski definition) is 0. The van der Waals surface area contributed by atoms with E-state index in [2.05, 4.69) is 9.80 Å². The normalized spacial score (nSPS) is 26.3. The summed E-state index contributed by atoms with van der Waals surface area (Å²) in [6.45, 7) is 1.98. The van der Waals surface area contributed by atoms with Crippen LogP contribution in [0.15, 0.2) is 0 Å². The van der Waals surface area contributed by atoms with Crippen molar-refractivity contribution in [3.05, 3.63) is 0 Å². The maximum absolute atomic E-state index is 10.5. The molecule has 1 aliphatic rings. The lowest BCUT2D eigenvalue weighted by atomic mass is 10.2. The van der Waals surface area contributed by atoms with Crippen LogP contribution >= 0.6 is 0 Å². The van der Waals surface area contributed by atoms with Crippen molar-refractivity contribution < 1.29 is 4.79 Å². The smallest absolute Gasteiger partial charge is 0.137 e. The number of hydrogen-bond acceptors (Lipinski definition) is 3. The molecule has 1 fully saturated rings. The van der Waals surface area contributed by atoms with Crippen LogP contribution in [-0.4, -0.2) is 49.4 Å². The second kappa shape index (κ2) is 3.83. The van der Waals surface area contributed by atoms with Crippen LogP contribution in [0.1, 0.15) is 12.8 Å². The van der Waals surface area contributed by atoms with Crippen molar-refractivity contribution in [1.29, 1.82) is 0 Å². The second-order valence-electron chi connectivity index (χ2n) is 3.38. The van der Waals surface area contributed by atoms with Crippen LogP contribution in [-0.2, 0) is 4.79 Å². The van der Waals surface area contributed by atoms with Gasteiger partial charge in [0.2, 0.25) is 0 Å². The minimum absolute atomic E-state index is 0.178. The lowest BCUT2D eigenvalue weighted by Gasteiger charge is -2.23. The maximum Gasteiger partial charge on any atom is 0.137 e. The average molecular weight is 156 g/mol. The van der Waals surface area contributed by atoms with Crippen LogP contribution in [0.5, 0.6) is 0 Å². The first-order valence-electron chi connectivity index (χ1n) is 4.08. The van der Waals surface area contributed by atoms with E-state index in [9.17, 15) is 4.79 Å². The van der Waals surface area contributed by atoms with Crippen LogP contribution in [0.25, 0.3) is 0 Å². The highest BCUT2D eigenvalue weighted by atomic mass is 16.1. The first-order chi connectivity index (χ1) is 5.24. The summed E-state index contributed by atoms with van der Waals surface area (Å²) < 4.78 is 0. The third-order valence-electron chi connectivity index (χ3n) is 2.04. The molecule has 64 valence electrons. The molecule has 3 nitrogen and oxygen atoms in total. The first kappa shape index (κ1) is 8.68. The summed E-state index contributed by atoms with van der Waals surface area (Å²) >= 11 is 0. The van der Waals surface area contributed by atoms with Gasteiger partial charge in [0.25, 0.3) is 0 Å². The molecule has 1 unspecified atom stereocenters. The molecule has 1 rings (SSSR count). The van der Waals surface area contributed by atoms with Gasteiger partial charge in [0.05, 0.1) is 12.7 Å². The van der Waals surface area contributed by atoms with Crippen molar-refractivity contribution in [2.24, 2.45) is 0 Å². The van der Waals surface area contributed by atoms with Gasteiger partial charge in [0.15, 0.2) is 0 Å². The number of carbonyl (C=O) groups excluding carboxylic acids is 1. The number of aldehydes is 1. The quantitative estimate of drug-likeness (QED) is 0.544. The van der Waals surface area contributed by atoms with E-state index in [4.69, 9.17) is 0 Å². The fourth-order valence-corrected chi connectivity index (χ4v) is 1.54. The van der Waals surface area contributed by atoms with Crippen molar-refractivity contribution in [3.63, 3.8) is 0 Å². The van der Waals surface area contributed by atoms with Crippen molar-refractivity contribution >= 4 is 6.29 Å². The Bertz CT molecular complexity index is 136. The van der Waals surface area contributed by atoms with E-state index >= 15 is 0 Å². The van der Waals surface area contributed by atoms with Gasteiger partial charge in [-0.05, 0) is 26.9 Å². The molecular weight excluding hydrogens is 140 g/mol. The molecule has 1 saturated heterocycles. The second-order valence-corrected chi connectivity index (χ2v) is 3.38. The lowest BCUT2D eigenvalue weighted by molar-refractivity contribution is -0.112. The summed E-state index contributed by atoms with van der Waals surface area (Å²) in [4.78, 5) is 14.9. The van der Waals surface area contributed by atoms with E-state index in [1.54, 1.807) is 0 Å². The average Bonchev–Trinajstić information content (AvgIpc) is 2.34. The molecule has 0 aromatic carbocycles. The Morgan fingerprint density at radius 1 is 1.64 bits per heavy atom. The highest BCUT2D eigenvalue weighted by Gasteiger charge is 2.23. The molecule has 0 bridgehead atoms. The van der Waals surface area contributed by atoms with Gasteiger partial charge in [0, 0.05) is 6.54 Å². The summed E-state index contributed by atoms with van der Waals surface area (Å²) in [5.74, 6) is 0. The Balaban J connectivity index is 2.37. The molecule has 0 saturated carbocycles. The van der Waals surface area contributed by atoms with E-state index in [1.165, 1.54) is 0 Å².